The van der Waals surface area contributed by atoms with Crippen molar-refractivity contribution < 1.29 is 4.39 Å². The second-order valence-corrected chi connectivity index (χ2v) is 4.99. The van der Waals surface area contributed by atoms with Gasteiger partial charge in [-0.1, -0.05) is 11.6 Å². The first kappa shape index (κ1) is 11.9. The van der Waals surface area contributed by atoms with Crippen LogP contribution in [0.15, 0.2) is 6.20 Å². The molecule has 2 rings (SSSR count). The lowest BCUT2D eigenvalue weighted by Gasteiger charge is -2.34. The molecule has 3 nitrogen and oxygen atoms in total. The third-order valence-electron chi connectivity index (χ3n) is 3.42. The molecule has 0 aliphatic carbocycles. The SMILES string of the molecule is Cn1ncc(Cl)c1C(C)(F)C1CCCNC1. The molecule has 2 heterocycles. The van der Waals surface area contributed by atoms with E-state index < -0.39 is 5.67 Å². The zero-order chi connectivity index (χ0) is 11.8. The minimum absolute atomic E-state index is 0.0332. The van der Waals surface area contributed by atoms with Crippen molar-refractivity contribution in [2.45, 2.75) is 25.4 Å². The Bertz CT molecular complexity index is 350. The summed E-state index contributed by atoms with van der Waals surface area (Å²) in [7, 11) is 1.73. The van der Waals surface area contributed by atoms with Crippen molar-refractivity contribution in [3.63, 3.8) is 0 Å². The van der Waals surface area contributed by atoms with E-state index in [2.05, 4.69) is 10.4 Å². The molecule has 0 radical (unpaired) electrons. The molecule has 1 aromatic heterocycles. The fourth-order valence-corrected chi connectivity index (χ4v) is 2.82. The molecule has 1 aromatic rings. The van der Waals surface area contributed by atoms with Crippen LogP contribution in [0, 0.1) is 5.92 Å². The van der Waals surface area contributed by atoms with Gasteiger partial charge >= 0.3 is 0 Å². The molecule has 0 spiro atoms. The van der Waals surface area contributed by atoms with Gasteiger partial charge in [-0.25, -0.2) is 4.39 Å². The highest BCUT2D eigenvalue weighted by molar-refractivity contribution is 6.31. The number of hydrogen-bond donors (Lipinski definition) is 1. The van der Waals surface area contributed by atoms with Crippen LogP contribution in [0.25, 0.3) is 0 Å². The predicted molar refractivity (Wildman–Crippen MR) is 62.3 cm³/mol. The maximum atomic E-state index is 14.9. The molecule has 0 bridgehead atoms. The summed E-state index contributed by atoms with van der Waals surface area (Å²) in [5.41, 5.74) is -0.932. The van der Waals surface area contributed by atoms with Crippen LogP contribution >= 0.6 is 11.6 Å². The molecule has 0 aromatic carbocycles. The lowest BCUT2D eigenvalue weighted by Crippen LogP contribution is -2.41. The molecular formula is C11H17ClFN3. The Hall–Kier alpha value is -0.610. The summed E-state index contributed by atoms with van der Waals surface area (Å²) in [6.45, 7) is 3.29. The minimum atomic E-state index is -1.42. The Morgan fingerprint density at radius 2 is 2.44 bits per heavy atom. The van der Waals surface area contributed by atoms with Crippen LogP contribution in [0.2, 0.25) is 5.02 Å². The summed E-state index contributed by atoms with van der Waals surface area (Å²) < 4.78 is 16.4. The normalized spacial score (nSPS) is 25.4. The van der Waals surface area contributed by atoms with E-state index in [4.69, 9.17) is 11.6 Å². The van der Waals surface area contributed by atoms with E-state index in [1.54, 1.807) is 14.0 Å². The summed E-state index contributed by atoms with van der Waals surface area (Å²) in [5, 5.41) is 7.65. The Morgan fingerprint density at radius 1 is 1.69 bits per heavy atom. The van der Waals surface area contributed by atoms with Crippen molar-refractivity contribution >= 4 is 11.6 Å². The number of aromatic nitrogens is 2. The highest BCUT2D eigenvalue weighted by Crippen LogP contribution is 2.40. The molecule has 1 N–H and O–H groups in total. The Balaban J connectivity index is 2.29. The third kappa shape index (κ3) is 1.96. The summed E-state index contributed by atoms with van der Waals surface area (Å²) in [6, 6.07) is 0. The van der Waals surface area contributed by atoms with Gasteiger partial charge in [-0.05, 0) is 26.3 Å². The number of alkyl halides is 1. The van der Waals surface area contributed by atoms with Crippen LogP contribution < -0.4 is 5.32 Å². The molecule has 2 unspecified atom stereocenters. The van der Waals surface area contributed by atoms with E-state index in [1.807, 2.05) is 0 Å². The maximum absolute atomic E-state index is 14.9. The Kier molecular flexibility index (Phi) is 3.22. The van der Waals surface area contributed by atoms with Crippen LogP contribution in [-0.2, 0) is 12.7 Å². The molecule has 0 saturated carbocycles. The number of nitrogens with one attached hydrogen (secondary N) is 1. The van der Waals surface area contributed by atoms with E-state index in [0.29, 0.717) is 17.3 Å². The van der Waals surface area contributed by atoms with Crippen molar-refractivity contribution in [3.05, 3.63) is 16.9 Å². The van der Waals surface area contributed by atoms with Gasteiger partial charge in [-0.3, -0.25) is 4.68 Å². The first-order chi connectivity index (χ1) is 7.53. The summed E-state index contributed by atoms with van der Waals surface area (Å²) >= 11 is 6.01. The zero-order valence-corrected chi connectivity index (χ0v) is 10.4. The Labute approximate surface area is 100.0 Å². The van der Waals surface area contributed by atoms with Gasteiger partial charge in [0.25, 0.3) is 0 Å². The number of hydrogen-bond acceptors (Lipinski definition) is 2. The number of aryl methyl sites for hydroxylation is 1. The average molecular weight is 246 g/mol. The van der Waals surface area contributed by atoms with Gasteiger partial charge in [0, 0.05) is 19.5 Å². The average Bonchev–Trinajstić information content (AvgIpc) is 2.60. The summed E-state index contributed by atoms with van der Waals surface area (Å²) in [4.78, 5) is 0. The monoisotopic (exact) mass is 245 g/mol. The smallest absolute Gasteiger partial charge is 0.155 e. The molecule has 1 aliphatic heterocycles. The van der Waals surface area contributed by atoms with Gasteiger partial charge in [0.1, 0.15) is 0 Å². The van der Waals surface area contributed by atoms with Crippen LogP contribution in [0.1, 0.15) is 25.5 Å². The van der Waals surface area contributed by atoms with Crippen molar-refractivity contribution in [2.75, 3.05) is 13.1 Å². The largest absolute Gasteiger partial charge is 0.316 e. The maximum Gasteiger partial charge on any atom is 0.155 e. The van der Waals surface area contributed by atoms with Crippen molar-refractivity contribution in [1.29, 1.82) is 0 Å². The first-order valence-electron chi connectivity index (χ1n) is 5.61. The van der Waals surface area contributed by atoms with Gasteiger partial charge < -0.3 is 5.32 Å². The van der Waals surface area contributed by atoms with Gasteiger partial charge in [0.05, 0.1) is 16.9 Å². The highest BCUT2D eigenvalue weighted by atomic mass is 35.5. The van der Waals surface area contributed by atoms with Crippen LogP contribution in [-0.4, -0.2) is 22.9 Å². The van der Waals surface area contributed by atoms with E-state index in [1.165, 1.54) is 10.9 Å². The van der Waals surface area contributed by atoms with Gasteiger partial charge in [0.15, 0.2) is 5.67 Å². The second-order valence-electron chi connectivity index (χ2n) is 4.58. The van der Waals surface area contributed by atoms with Gasteiger partial charge in [-0.2, -0.15) is 5.10 Å². The standard InChI is InChI=1S/C11H17ClFN3/c1-11(13,8-4-3-5-14-6-8)10-9(12)7-15-16(10)2/h7-8,14H,3-6H2,1-2H3. The van der Waals surface area contributed by atoms with E-state index in [-0.39, 0.29) is 5.92 Å². The highest BCUT2D eigenvalue weighted by Gasteiger charge is 2.40. The summed E-state index contributed by atoms with van der Waals surface area (Å²) in [6.07, 6.45) is 3.41. The second kappa shape index (κ2) is 4.34. The molecule has 90 valence electrons. The van der Waals surface area contributed by atoms with E-state index in [9.17, 15) is 4.39 Å². The van der Waals surface area contributed by atoms with E-state index in [0.717, 1.165) is 19.4 Å². The lowest BCUT2D eigenvalue weighted by atomic mass is 9.82. The van der Waals surface area contributed by atoms with E-state index >= 15 is 0 Å². The molecule has 2 atom stereocenters. The molecule has 1 saturated heterocycles. The number of piperidine rings is 1. The Morgan fingerprint density at radius 3 is 2.94 bits per heavy atom. The predicted octanol–water partition coefficient (Wildman–Crippen LogP) is 2.26. The zero-order valence-electron chi connectivity index (χ0n) is 9.63. The van der Waals surface area contributed by atoms with Crippen molar-refractivity contribution in [3.8, 4) is 0 Å². The van der Waals surface area contributed by atoms with Crippen molar-refractivity contribution in [1.82, 2.24) is 15.1 Å². The lowest BCUT2D eigenvalue weighted by molar-refractivity contribution is 0.0725. The van der Waals surface area contributed by atoms with Crippen LogP contribution in [0.3, 0.4) is 0 Å². The molecule has 0 amide bonds. The first-order valence-corrected chi connectivity index (χ1v) is 5.99. The van der Waals surface area contributed by atoms with Crippen LogP contribution in [0.4, 0.5) is 4.39 Å². The molecule has 1 fully saturated rings. The fourth-order valence-electron chi connectivity index (χ4n) is 2.47. The molecule has 16 heavy (non-hydrogen) atoms. The molecular weight excluding hydrogens is 229 g/mol. The minimum Gasteiger partial charge on any atom is -0.316 e. The number of halogens is 2. The van der Waals surface area contributed by atoms with Crippen molar-refractivity contribution in [2.24, 2.45) is 13.0 Å². The quantitative estimate of drug-likeness (QED) is 0.866. The number of rotatable bonds is 2. The number of nitrogens with zero attached hydrogens (tertiary/aromatic N) is 2. The van der Waals surface area contributed by atoms with Crippen LogP contribution in [0.5, 0.6) is 0 Å². The topological polar surface area (TPSA) is 29.9 Å². The van der Waals surface area contributed by atoms with Gasteiger partial charge in [0.2, 0.25) is 0 Å². The molecule has 5 heteroatoms. The summed E-state index contributed by atoms with van der Waals surface area (Å²) in [5.74, 6) is -0.0332. The molecule has 1 aliphatic rings. The van der Waals surface area contributed by atoms with Gasteiger partial charge in [-0.15, -0.1) is 0 Å². The fraction of sp³-hybridized carbons (Fsp3) is 0.727. The third-order valence-corrected chi connectivity index (χ3v) is 3.70.